The first-order valence-electron chi connectivity index (χ1n) is 7.92. The van der Waals surface area contributed by atoms with Gasteiger partial charge in [0.05, 0.1) is 10.6 Å². The van der Waals surface area contributed by atoms with E-state index in [4.69, 9.17) is 0 Å². The van der Waals surface area contributed by atoms with Gasteiger partial charge in [-0.1, -0.05) is 12.1 Å². The second kappa shape index (κ2) is 7.55. The van der Waals surface area contributed by atoms with E-state index in [2.05, 4.69) is 14.7 Å². The largest absolute Gasteiger partial charge is 0.295 e. The zero-order valence-electron chi connectivity index (χ0n) is 14.1. The maximum absolute atomic E-state index is 12.4. The molecule has 0 atom stereocenters. The van der Waals surface area contributed by atoms with E-state index in [-0.39, 0.29) is 17.2 Å². The number of carbonyl (C=O) groups excluding carboxylic acids is 1. The fourth-order valence-corrected chi connectivity index (χ4v) is 3.41. The van der Waals surface area contributed by atoms with E-state index in [1.54, 1.807) is 24.7 Å². The molecule has 0 bridgehead atoms. The number of ketones is 1. The summed E-state index contributed by atoms with van der Waals surface area (Å²) in [5, 5.41) is 0. The molecule has 0 saturated carbocycles. The minimum Gasteiger partial charge on any atom is -0.295 e. The summed E-state index contributed by atoms with van der Waals surface area (Å²) < 4.78 is 27.4. The average molecular weight is 367 g/mol. The molecule has 7 heteroatoms. The van der Waals surface area contributed by atoms with Crippen LogP contribution in [0.2, 0.25) is 0 Å². The van der Waals surface area contributed by atoms with Crippen molar-refractivity contribution in [1.29, 1.82) is 0 Å². The molecule has 0 amide bonds. The molecule has 6 nitrogen and oxygen atoms in total. The zero-order chi connectivity index (χ0) is 18.6. The van der Waals surface area contributed by atoms with Gasteiger partial charge in [-0.15, -0.1) is 0 Å². The Morgan fingerprint density at radius 3 is 2.35 bits per heavy atom. The summed E-state index contributed by atoms with van der Waals surface area (Å²) in [5.74, 6) is -0.109. The van der Waals surface area contributed by atoms with Gasteiger partial charge in [0.15, 0.2) is 5.78 Å². The number of sulfonamides is 1. The molecule has 1 aromatic carbocycles. The number of hydrogen-bond acceptors (Lipinski definition) is 5. The van der Waals surface area contributed by atoms with E-state index >= 15 is 0 Å². The molecule has 2 aromatic heterocycles. The lowest BCUT2D eigenvalue weighted by molar-refractivity contribution is 0.101. The van der Waals surface area contributed by atoms with Crippen molar-refractivity contribution in [3.05, 3.63) is 78.2 Å². The van der Waals surface area contributed by atoms with Crippen LogP contribution in [-0.4, -0.2) is 24.2 Å². The Bertz CT molecular complexity index is 1020. The first kappa shape index (κ1) is 17.9. The summed E-state index contributed by atoms with van der Waals surface area (Å²) in [4.78, 5) is 19.7. The Balaban J connectivity index is 1.75. The SMILES string of the molecule is CC(=O)c1ccc(S(=O)(=O)NCc2ccnc(-c3ccncc3)c2)cc1. The van der Waals surface area contributed by atoms with E-state index in [0.717, 1.165) is 16.8 Å². The van der Waals surface area contributed by atoms with Gasteiger partial charge in [0.1, 0.15) is 0 Å². The van der Waals surface area contributed by atoms with Crippen LogP contribution in [0.1, 0.15) is 22.8 Å². The third kappa shape index (κ3) is 4.19. The van der Waals surface area contributed by atoms with Crippen LogP contribution >= 0.6 is 0 Å². The maximum atomic E-state index is 12.4. The van der Waals surface area contributed by atoms with Gasteiger partial charge in [-0.25, -0.2) is 13.1 Å². The average Bonchev–Trinajstić information content (AvgIpc) is 2.67. The monoisotopic (exact) mass is 367 g/mol. The first-order chi connectivity index (χ1) is 12.5. The second-order valence-corrected chi connectivity index (χ2v) is 7.46. The van der Waals surface area contributed by atoms with Crippen LogP contribution in [-0.2, 0) is 16.6 Å². The predicted octanol–water partition coefficient (Wildman–Crippen LogP) is 2.82. The molecule has 0 aliphatic carbocycles. The smallest absolute Gasteiger partial charge is 0.240 e. The fraction of sp³-hybridized carbons (Fsp3) is 0.105. The number of aromatic nitrogens is 2. The quantitative estimate of drug-likeness (QED) is 0.677. The summed E-state index contributed by atoms with van der Waals surface area (Å²) in [5.41, 5.74) is 2.91. The third-order valence-corrected chi connectivity index (χ3v) is 5.26. The van der Waals surface area contributed by atoms with E-state index in [1.807, 2.05) is 18.2 Å². The van der Waals surface area contributed by atoms with Gasteiger partial charge in [0.25, 0.3) is 0 Å². The van der Waals surface area contributed by atoms with E-state index < -0.39 is 10.0 Å². The molecule has 2 heterocycles. The number of nitrogens with one attached hydrogen (secondary N) is 1. The van der Waals surface area contributed by atoms with E-state index in [0.29, 0.717) is 5.56 Å². The maximum Gasteiger partial charge on any atom is 0.240 e. The normalized spacial score (nSPS) is 11.3. The molecule has 0 aliphatic rings. The van der Waals surface area contributed by atoms with Gasteiger partial charge < -0.3 is 0 Å². The number of carbonyl (C=O) groups is 1. The van der Waals surface area contributed by atoms with Crippen molar-refractivity contribution in [3.8, 4) is 11.3 Å². The van der Waals surface area contributed by atoms with Crippen molar-refractivity contribution >= 4 is 15.8 Å². The van der Waals surface area contributed by atoms with E-state index in [9.17, 15) is 13.2 Å². The van der Waals surface area contributed by atoms with Crippen LogP contribution in [0.4, 0.5) is 0 Å². The van der Waals surface area contributed by atoms with Crippen molar-refractivity contribution in [2.75, 3.05) is 0 Å². The van der Waals surface area contributed by atoms with Gasteiger partial charge in [-0.05, 0) is 48.9 Å². The highest BCUT2D eigenvalue weighted by Gasteiger charge is 2.14. The lowest BCUT2D eigenvalue weighted by atomic mass is 10.1. The molecule has 3 aromatic rings. The zero-order valence-corrected chi connectivity index (χ0v) is 14.9. The molecule has 26 heavy (non-hydrogen) atoms. The Morgan fingerprint density at radius 2 is 1.69 bits per heavy atom. The van der Waals surface area contributed by atoms with Crippen molar-refractivity contribution in [3.63, 3.8) is 0 Å². The second-order valence-electron chi connectivity index (χ2n) is 5.69. The highest BCUT2D eigenvalue weighted by atomic mass is 32.2. The summed E-state index contributed by atoms with van der Waals surface area (Å²) >= 11 is 0. The van der Waals surface area contributed by atoms with Crippen molar-refractivity contribution in [1.82, 2.24) is 14.7 Å². The van der Waals surface area contributed by atoms with Crippen molar-refractivity contribution < 1.29 is 13.2 Å². The Hall–Kier alpha value is -2.90. The number of benzene rings is 1. The standard InChI is InChI=1S/C19H17N3O3S/c1-14(23)16-2-4-18(5-3-16)26(24,25)22-13-15-6-11-21-19(12-15)17-7-9-20-10-8-17/h2-12,22H,13H2,1H3. The highest BCUT2D eigenvalue weighted by molar-refractivity contribution is 7.89. The van der Waals surface area contributed by atoms with Gasteiger partial charge >= 0.3 is 0 Å². The van der Waals surface area contributed by atoms with Gasteiger partial charge in [-0.3, -0.25) is 14.8 Å². The third-order valence-electron chi connectivity index (χ3n) is 3.84. The number of Topliss-reactive ketones (excluding diaryl/α,β-unsaturated/α-hetero) is 1. The molecule has 0 radical (unpaired) electrons. The number of pyridine rings is 2. The number of hydrogen-bond donors (Lipinski definition) is 1. The van der Waals surface area contributed by atoms with Crippen molar-refractivity contribution in [2.24, 2.45) is 0 Å². The molecule has 132 valence electrons. The van der Waals surface area contributed by atoms with Crippen LogP contribution in [0.25, 0.3) is 11.3 Å². The predicted molar refractivity (Wildman–Crippen MR) is 97.9 cm³/mol. The molecule has 1 N–H and O–H groups in total. The minimum atomic E-state index is -3.67. The summed E-state index contributed by atoms with van der Waals surface area (Å²) in [7, 11) is -3.67. The van der Waals surface area contributed by atoms with Crippen LogP contribution in [0.15, 0.2) is 72.0 Å². The van der Waals surface area contributed by atoms with Crippen LogP contribution in [0.3, 0.4) is 0 Å². The van der Waals surface area contributed by atoms with Gasteiger partial charge in [0.2, 0.25) is 10.0 Å². The molecule has 0 unspecified atom stereocenters. The summed E-state index contributed by atoms with van der Waals surface area (Å²) in [6.07, 6.45) is 5.00. The molecular weight excluding hydrogens is 350 g/mol. The van der Waals surface area contributed by atoms with Crippen LogP contribution in [0.5, 0.6) is 0 Å². The van der Waals surface area contributed by atoms with E-state index in [1.165, 1.54) is 31.2 Å². The Labute approximate surface area is 152 Å². The van der Waals surface area contributed by atoms with Gasteiger partial charge in [0, 0.05) is 36.3 Å². The molecule has 0 aliphatic heterocycles. The Kier molecular flexibility index (Phi) is 5.20. The fourth-order valence-electron chi connectivity index (χ4n) is 2.40. The lowest BCUT2D eigenvalue weighted by Gasteiger charge is -2.08. The molecule has 3 rings (SSSR count). The van der Waals surface area contributed by atoms with Gasteiger partial charge in [-0.2, -0.15) is 0 Å². The van der Waals surface area contributed by atoms with Crippen molar-refractivity contribution in [2.45, 2.75) is 18.4 Å². The van der Waals surface area contributed by atoms with Crippen LogP contribution < -0.4 is 4.72 Å². The summed E-state index contributed by atoms with van der Waals surface area (Å²) in [6, 6.07) is 13.1. The molecule has 0 spiro atoms. The summed E-state index contributed by atoms with van der Waals surface area (Å²) in [6.45, 7) is 1.57. The van der Waals surface area contributed by atoms with Crippen LogP contribution in [0, 0.1) is 0 Å². The lowest BCUT2D eigenvalue weighted by Crippen LogP contribution is -2.23. The highest BCUT2D eigenvalue weighted by Crippen LogP contribution is 2.17. The number of rotatable bonds is 6. The minimum absolute atomic E-state index is 0.109. The molecular formula is C19H17N3O3S. The molecule has 0 saturated heterocycles. The number of nitrogens with zero attached hydrogens (tertiary/aromatic N) is 2. The molecule has 0 fully saturated rings. The topological polar surface area (TPSA) is 89.0 Å². The first-order valence-corrected chi connectivity index (χ1v) is 9.40. The Morgan fingerprint density at radius 1 is 1.00 bits per heavy atom.